The molecule has 3 aromatic rings. The second kappa shape index (κ2) is 11.4. The molecule has 1 N–H and O–H groups in total. The predicted molar refractivity (Wildman–Crippen MR) is 135 cm³/mol. The van der Waals surface area contributed by atoms with E-state index in [4.69, 9.17) is 23.7 Å². The number of nitriles is 1. The van der Waals surface area contributed by atoms with Gasteiger partial charge in [0.15, 0.2) is 28.8 Å². The highest BCUT2D eigenvalue weighted by atomic mass is 16.5. The maximum absolute atomic E-state index is 13.6. The molecule has 0 atom stereocenters. The minimum Gasteiger partial charge on any atom is -0.494 e. The van der Waals surface area contributed by atoms with Crippen molar-refractivity contribution >= 4 is 5.78 Å². The average molecular weight is 509 g/mol. The zero-order valence-corrected chi connectivity index (χ0v) is 21.5. The molecule has 0 aliphatic rings. The van der Waals surface area contributed by atoms with Crippen LogP contribution in [-0.4, -0.2) is 51.0 Å². The van der Waals surface area contributed by atoms with E-state index >= 15 is 0 Å². The fourth-order valence-electron chi connectivity index (χ4n) is 4.06. The molecule has 0 saturated heterocycles. The number of hydrogen-bond donors (Lipinski definition) is 1. The van der Waals surface area contributed by atoms with E-state index in [1.54, 1.807) is 18.2 Å². The van der Waals surface area contributed by atoms with E-state index in [1.165, 1.54) is 54.6 Å². The Morgan fingerprint density at radius 1 is 0.919 bits per heavy atom. The summed E-state index contributed by atoms with van der Waals surface area (Å²) in [5.74, 6) is 0.670. The Morgan fingerprint density at radius 2 is 1.51 bits per heavy atom. The van der Waals surface area contributed by atoms with Crippen LogP contribution in [0.5, 0.6) is 34.6 Å². The lowest BCUT2D eigenvalue weighted by molar-refractivity contribution is 0.103. The molecule has 0 aliphatic heterocycles. The minimum absolute atomic E-state index is 0.00461. The highest BCUT2D eigenvalue weighted by Crippen LogP contribution is 2.39. The van der Waals surface area contributed by atoms with E-state index in [2.05, 4.69) is 0 Å². The van der Waals surface area contributed by atoms with Crippen molar-refractivity contribution in [3.05, 3.63) is 68.5 Å². The Morgan fingerprint density at radius 3 is 2.03 bits per heavy atom. The molecule has 2 aromatic carbocycles. The third kappa shape index (κ3) is 5.02. The predicted octanol–water partition coefficient (Wildman–Crippen LogP) is 3.25. The summed E-state index contributed by atoms with van der Waals surface area (Å²) < 4.78 is 27.6. The topological polar surface area (TPSA) is 129 Å². The second-order valence-electron chi connectivity index (χ2n) is 7.95. The lowest BCUT2D eigenvalue weighted by atomic mass is 9.96. The van der Waals surface area contributed by atoms with Crippen molar-refractivity contribution in [2.24, 2.45) is 0 Å². The molecule has 194 valence electrons. The first-order valence-corrected chi connectivity index (χ1v) is 11.2. The Labute approximate surface area is 214 Å². The van der Waals surface area contributed by atoms with Crippen LogP contribution in [-0.2, 0) is 13.0 Å². The molecule has 3 rings (SSSR count). The summed E-state index contributed by atoms with van der Waals surface area (Å²) in [4.78, 5) is 26.7. The third-order valence-electron chi connectivity index (χ3n) is 6.03. The van der Waals surface area contributed by atoms with Crippen LogP contribution in [0.15, 0.2) is 35.1 Å². The summed E-state index contributed by atoms with van der Waals surface area (Å²) in [6.07, 6.45) is 0.305. The lowest BCUT2D eigenvalue weighted by Gasteiger charge is -2.17. The number of nitrogens with zero attached hydrogens (tertiary/aromatic N) is 2. The molecular formula is C27H28N2O8. The summed E-state index contributed by atoms with van der Waals surface area (Å²) in [7, 11) is 7.30. The van der Waals surface area contributed by atoms with Gasteiger partial charge in [0.25, 0.3) is 5.56 Å². The molecule has 0 bridgehead atoms. The van der Waals surface area contributed by atoms with Crippen molar-refractivity contribution in [1.29, 1.82) is 5.26 Å². The first-order valence-electron chi connectivity index (χ1n) is 11.2. The van der Waals surface area contributed by atoms with Crippen molar-refractivity contribution in [2.45, 2.75) is 19.9 Å². The SMILES string of the molecule is COc1ccc(CCn2c(O)c(C(=O)c3cc(OC)c(OC)c(OC)c3)c(C)c(C#N)c2=O)cc1OC. The number of carbonyl (C=O) groups is 1. The van der Waals surface area contributed by atoms with Crippen LogP contribution in [0.3, 0.4) is 0 Å². The number of benzene rings is 2. The molecular weight excluding hydrogens is 480 g/mol. The van der Waals surface area contributed by atoms with E-state index in [9.17, 15) is 20.0 Å². The second-order valence-corrected chi connectivity index (χ2v) is 7.95. The van der Waals surface area contributed by atoms with Gasteiger partial charge in [-0.15, -0.1) is 0 Å². The first-order chi connectivity index (χ1) is 17.8. The van der Waals surface area contributed by atoms with Gasteiger partial charge in [0.05, 0.1) is 41.1 Å². The molecule has 10 heteroatoms. The van der Waals surface area contributed by atoms with E-state index in [-0.39, 0.29) is 40.3 Å². The number of rotatable bonds is 10. The van der Waals surface area contributed by atoms with Crippen LogP contribution < -0.4 is 29.2 Å². The Balaban J connectivity index is 2.11. The summed E-state index contributed by atoms with van der Waals surface area (Å²) in [5, 5.41) is 20.8. The quantitative estimate of drug-likeness (QED) is 0.410. The van der Waals surface area contributed by atoms with Gasteiger partial charge in [-0.05, 0) is 48.7 Å². The van der Waals surface area contributed by atoms with Crippen molar-refractivity contribution in [3.63, 3.8) is 0 Å². The van der Waals surface area contributed by atoms with Crippen LogP contribution in [0.25, 0.3) is 0 Å². The number of carbonyl (C=O) groups excluding carboxylic acids is 1. The Bertz CT molecular complexity index is 1410. The number of aryl methyl sites for hydroxylation is 1. The fraction of sp³-hybridized carbons (Fsp3) is 0.296. The molecule has 10 nitrogen and oxygen atoms in total. The van der Waals surface area contributed by atoms with E-state index in [0.717, 1.165) is 10.1 Å². The zero-order valence-electron chi connectivity index (χ0n) is 21.5. The van der Waals surface area contributed by atoms with Crippen LogP contribution in [0.2, 0.25) is 0 Å². The fourth-order valence-corrected chi connectivity index (χ4v) is 4.06. The highest BCUT2D eigenvalue weighted by molar-refractivity contribution is 6.12. The molecule has 0 unspecified atom stereocenters. The van der Waals surface area contributed by atoms with Crippen LogP contribution in [0.1, 0.15) is 32.6 Å². The summed E-state index contributed by atoms with van der Waals surface area (Å²) in [6.45, 7) is 1.45. The summed E-state index contributed by atoms with van der Waals surface area (Å²) >= 11 is 0. The van der Waals surface area contributed by atoms with Crippen molar-refractivity contribution in [1.82, 2.24) is 4.57 Å². The van der Waals surface area contributed by atoms with Gasteiger partial charge in [0, 0.05) is 12.1 Å². The standard InChI is InChI=1S/C27H28N2O8/c1-15-18(14-28)26(31)29(10-9-16-7-8-19(33-2)20(11-16)34-3)27(32)23(15)24(30)17-12-21(35-4)25(37-6)22(13-17)36-5/h7-8,11-13,32H,9-10H2,1-6H3. The van der Waals surface area contributed by atoms with Gasteiger partial charge in [-0.25, -0.2) is 0 Å². The largest absolute Gasteiger partial charge is 0.494 e. The van der Waals surface area contributed by atoms with Gasteiger partial charge in [-0.2, -0.15) is 5.26 Å². The van der Waals surface area contributed by atoms with Crippen LogP contribution in [0, 0.1) is 18.3 Å². The molecule has 0 aliphatic carbocycles. The molecule has 0 fully saturated rings. The monoisotopic (exact) mass is 508 g/mol. The number of methoxy groups -OCH3 is 5. The van der Waals surface area contributed by atoms with Gasteiger partial charge in [-0.1, -0.05) is 6.07 Å². The Kier molecular flexibility index (Phi) is 8.30. The van der Waals surface area contributed by atoms with Gasteiger partial charge in [-0.3, -0.25) is 14.2 Å². The normalized spacial score (nSPS) is 10.4. The Hall–Kier alpha value is -4.65. The molecule has 0 radical (unpaired) electrons. The van der Waals surface area contributed by atoms with E-state index < -0.39 is 17.2 Å². The number of aromatic nitrogens is 1. The minimum atomic E-state index is -0.695. The molecule has 1 heterocycles. The molecule has 0 spiro atoms. The number of pyridine rings is 1. The molecule has 0 saturated carbocycles. The van der Waals surface area contributed by atoms with Crippen molar-refractivity contribution in [2.75, 3.05) is 35.5 Å². The van der Waals surface area contributed by atoms with E-state index in [1.807, 2.05) is 6.07 Å². The smallest absolute Gasteiger partial charge is 0.271 e. The molecule has 0 amide bonds. The van der Waals surface area contributed by atoms with Crippen LogP contribution >= 0.6 is 0 Å². The molecule has 1 aromatic heterocycles. The average Bonchev–Trinajstić information content (AvgIpc) is 2.91. The van der Waals surface area contributed by atoms with Crippen LogP contribution in [0.4, 0.5) is 0 Å². The molecule has 37 heavy (non-hydrogen) atoms. The summed E-state index contributed by atoms with van der Waals surface area (Å²) in [5.41, 5.74) is -0.119. The van der Waals surface area contributed by atoms with Gasteiger partial charge < -0.3 is 28.8 Å². The zero-order chi connectivity index (χ0) is 27.3. The number of aromatic hydroxyl groups is 1. The van der Waals surface area contributed by atoms with Gasteiger partial charge in [0.2, 0.25) is 11.6 Å². The number of ether oxygens (including phenoxy) is 5. The number of ketones is 1. The van der Waals surface area contributed by atoms with Crippen molar-refractivity contribution in [3.8, 4) is 40.7 Å². The van der Waals surface area contributed by atoms with Gasteiger partial charge >= 0.3 is 0 Å². The maximum Gasteiger partial charge on any atom is 0.271 e. The first kappa shape index (κ1) is 26.9. The van der Waals surface area contributed by atoms with Crippen molar-refractivity contribution < 1.29 is 33.6 Å². The third-order valence-corrected chi connectivity index (χ3v) is 6.03. The maximum atomic E-state index is 13.6. The summed E-state index contributed by atoms with van der Waals surface area (Å²) in [6, 6.07) is 10.0. The van der Waals surface area contributed by atoms with E-state index in [0.29, 0.717) is 23.7 Å². The highest BCUT2D eigenvalue weighted by Gasteiger charge is 2.27. The number of hydrogen-bond acceptors (Lipinski definition) is 9. The lowest BCUT2D eigenvalue weighted by Crippen LogP contribution is -2.27. The van der Waals surface area contributed by atoms with Gasteiger partial charge in [0.1, 0.15) is 11.6 Å².